The van der Waals surface area contributed by atoms with Gasteiger partial charge in [0.25, 0.3) is 0 Å². The van der Waals surface area contributed by atoms with E-state index < -0.39 is 5.60 Å². The van der Waals surface area contributed by atoms with Crippen molar-refractivity contribution in [2.45, 2.75) is 44.2 Å². The summed E-state index contributed by atoms with van der Waals surface area (Å²) in [5, 5.41) is 14.7. The molecule has 2 aliphatic rings. The Balaban J connectivity index is 1.76. The summed E-state index contributed by atoms with van der Waals surface area (Å²) in [5.74, 6) is 0.396. The van der Waals surface area contributed by atoms with Crippen LogP contribution >= 0.6 is 11.6 Å². The lowest BCUT2D eigenvalue weighted by Gasteiger charge is -2.48. The molecule has 0 bridgehead atoms. The Morgan fingerprint density at radius 3 is 3.00 bits per heavy atom. The van der Waals surface area contributed by atoms with Crippen molar-refractivity contribution in [3.05, 3.63) is 28.8 Å². The van der Waals surface area contributed by atoms with Crippen molar-refractivity contribution >= 4 is 17.3 Å². The highest BCUT2D eigenvalue weighted by atomic mass is 35.5. The molecule has 4 heteroatoms. The summed E-state index contributed by atoms with van der Waals surface area (Å²) in [7, 11) is 1.94. The molecule has 0 radical (unpaired) electrons. The summed E-state index contributed by atoms with van der Waals surface area (Å²) in [6.07, 6.45) is 5.40. The molecule has 2 unspecified atom stereocenters. The first-order chi connectivity index (χ1) is 10.1. The maximum Gasteiger partial charge on any atom is 0.0709 e. The third-order valence-electron chi connectivity index (χ3n) is 5.16. The van der Waals surface area contributed by atoms with Crippen LogP contribution in [0.5, 0.6) is 0 Å². The van der Waals surface area contributed by atoms with Gasteiger partial charge in [-0.25, -0.2) is 0 Å². The predicted molar refractivity (Wildman–Crippen MR) is 88.0 cm³/mol. The predicted octanol–water partition coefficient (Wildman–Crippen LogP) is 3.19. The summed E-state index contributed by atoms with van der Waals surface area (Å²) in [5.41, 5.74) is 1.90. The van der Waals surface area contributed by atoms with Crippen molar-refractivity contribution in [2.24, 2.45) is 5.92 Å². The monoisotopic (exact) mass is 308 g/mol. The smallest absolute Gasteiger partial charge is 0.0709 e. The van der Waals surface area contributed by atoms with Crippen LogP contribution in [0.15, 0.2) is 18.2 Å². The summed E-state index contributed by atoms with van der Waals surface area (Å²) in [6, 6.07) is 6.32. The maximum absolute atomic E-state index is 10.8. The van der Waals surface area contributed by atoms with Crippen molar-refractivity contribution in [3.63, 3.8) is 0 Å². The van der Waals surface area contributed by atoms with E-state index in [0.717, 1.165) is 49.6 Å². The number of nitrogens with one attached hydrogen (secondary N) is 1. The zero-order valence-electron chi connectivity index (χ0n) is 12.7. The standard InChI is InChI=1S/C17H25ClN2O/c1-19-11-13-5-6-16(15(18)10-13)20-9-8-17(21)7-3-2-4-14(17)12-20/h5-6,10,14,19,21H,2-4,7-9,11-12H2,1H3. The molecule has 2 atom stereocenters. The molecule has 1 aliphatic carbocycles. The average molecular weight is 309 g/mol. The number of aliphatic hydroxyl groups is 1. The zero-order chi connectivity index (χ0) is 14.9. The molecule has 0 spiro atoms. The van der Waals surface area contributed by atoms with Crippen LogP contribution in [-0.2, 0) is 6.54 Å². The van der Waals surface area contributed by atoms with Gasteiger partial charge in [0.2, 0.25) is 0 Å². The van der Waals surface area contributed by atoms with Gasteiger partial charge in [-0.2, -0.15) is 0 Å². The van der Waals surface area contributed by atoms with Crippen LogP contribution in [0, 0.1) is 5.92 Å². The molecule has 116 valence electrons. The first-order valence-corrected chi connectivity index (χ1v) is 8.40. The molecular formula is C17H25ClN2O. The van der Waals surface area contributed by atoms with Gasteiger partial charge in [0, 0.05) is 25.6 Å². The molecule has 3 rings (SSSR count). The molecule has 0 amide bonds. The van der Waals surface area contributed by atoms with Gasteiger partial charge in [-0.15, -0.1) is 0 Å². The van der Waals surface area contributed by atoms with Gasteiger partial charge < -0.3 is 15.3 Å². The second kappa shape index (κ2) is 6.15. The van der Waals surface area contributed by atoms with Crippen LogP contribution in [0.3, 0.4) is 0 Å². The van der Waals surface area contributed by atoms with Crippen LogP contribution in [-0.4, -0.2) is 30.8 Å². The lowest BCUT2D eigenvalue weighted by Crippen LogP contribution is -2.53. The molecule has 1 saturated carbocycles. The minimum absolute atomic E-state index is 0.396. The Bertz CT molecular complexity index is 508. The van der Waals surface area contributed by atoms with Crippen LogP contribution in [0.1, 0.15) is 37.7 Å². The quantitative estimate of drug-likeness (QED) is 0.900. The summed E-state index contributed by atoms with van der Waals surface area (Å²) < 4.78 is 0. The van der Waals surface area contributed by atoms with Crippen molar-refractivity contribution in [1.82, 2.24) is 5.32 Å². The molecule has 2 N–H and O–H groups in total. The Hall–Kier alpha value is -0.770. The molecule has 2 fully saturated rings. The van der Waals surface area contributed by atoms with E-state index in [4.69, 9.17) is 11.6 Å². The van der Waals surface area contributed by atoms with Crippen molar-refractivity contribution < 1.29 is 5.11 Å². The van der Waals surface area contributed by atoms with E-state index in [1.165, 1.54) is 18.4 Å². The number of rotatable bonds is 3. The summed E-state index contributed by atoms with van der Waals surface area (Å²) in [4.78, 5) is 2.36. The number of benzene rings is 1. The largest absolute Gasteiger partial charge is 0.389 e. The average Bonchev–Trinajstić information content (AvgIpc) is 2.47. The highest BCUT2D eigenvalue weighted by molar-refractivity contribution is 6.33. The third kappa shape index (κ3) is 3.05. The topological polar surface area (TPSA) is 35.5 Å². The Labute approximate surface area is 132 Å². The first kappa shape index (κ1) is 15.1. The maximum atomic E-state index is 10.8. The van der Waals surface area contributed by atoms with E-state index >= 15 is 0 Å². The van der Waals surface area contributed by atoms with Gasteiger partial charge in [-0.3, -0.25) is 0 Å². The lowest BCUT2D eigenvalue weighted by atomic mass is 9.71. The van der Waals surface area contributed by atoms with Gasteiger partial charge in [0.1, 0.15) is 0 Å². The van der Waals surface area contributed by atoms with Crippen LogP contribution in [0.2, 0.25) is 5.02 Å². The number of hydrogen-bond donors (Lipinski definition) is 2. The summed E-state index contributed by atoms with van der Waals surface area (Å²) in [6.45, 7) is 2.67. The van der Waals surface area contributed by atoms with Crippen LogP contribution < -0.4 is 10.2 Å². The number of hydrogen-bond acceptors (Lipinski definition) is 3. The highest BCUT2D eigenvalue weighted by Gasteiger charge is 2.42. The summed E-state index contributed by atoms with van der Waals surface area (Å²) >= 11 is 6.48. The van der Waals surface area contributed by atoms with Gasteiger partial charge >= 0.3 is 0 Å². The Morgan fingerprint density at radius 1 is 1.38 bits per heavy atom. The van der Waals surface area contributed by atoms with E-state index in [1.807, 2.05) is 7.05 Å². The SMILES string of the molecule is CNCc1ccc(N2CCC3(O)CCCCC3C2)c(Cl)c1. The molecular weight excluding hydrogens is 284 g/mol. The highest BCUT2D eigenvalue weighted by Crippen LogP contribution is 2.42. The third-order valence-corrected chi connectivity index (χ3v) is 5.46. The number of anilines is 1. The Morgan fingerprint density at radius 2 is 2.24 bits per heavy atom. The van der Waals surface area contributed by atoms with Crippen LogP contribution in [0.4, 0.5) is 5.69 Å². The fourth-order valence-electron chi connectivity index (χ4n) is 3.91. The molecule has 1 aromatic rings. The lowest BCUT2D eigenvalue weighted by molar-refractivity contribution is -0.0612. The van der Waals surface area contributed by atoms with Crippen molar-refractivity contribution in [1.29, 1.82) is 0 Å². The molecule has 1 saturated heterocycles. The fraction of sp³-hybridized carbons (Fsp3) is 0.647. The second-order valence-corrected chi connectivity index (χ2v) is 6.97. The zero-order valence-corrected chi connectivity index (χ0v) is 13.5. The molecule has 3 nitrogen and oxygen atoms in total. The second-order valence-electron chi connectivity index (χ2n) is 6.56. The van der Waals surface area contributed by atoms with Crippen LogP contribution in [0.25, 0.3) is 0 Å². The fourth-order valence-corrected chi connectivity index (χ4v) is 4.23. The molecule has 21 heavy (non-hydrogen) atoms. The molecule has 1 aromatic carbocycles. The minimum atomic E-state index is -0.423. The number of fused-ring (bicyclic) bond motifs is 1. The van der Waals surface area contributed by atoms with Gasteiger partial charge in [-0.1, -0.05) is 30.5 Å². The van der Waals surface area contributed by atoms with E-state index in [9.17, 15) is 5.11 Å². The van der Waals surface area contributed by atoms with Gasteiger partial charge in [0.05, 0.1) is 16.3 Å². The van der Waals surface area contributed by atoms with E-state index in [-0.39, 0.29) is 0 Å². The number of nitrogens with zero attached hydrogens (tertiary/aromatic N) is 1. The van der Waals surface area contributed by atoms with E-state index in [2.05, 4.69) is 28.4 Å². The van der Waals surface area contributed by atoms with Gasteiger partial charge in [0.15, 0.2) is 0 Å². The molecule has 1 aliphatic heterocycles. The first-order valence-electron chi connectivity index (χ1n) is 8.03. The van der Waals surface area contributed by atoms with Crippen molar-refractivity contribution in [3.8, 4) is 0 Å². The number of halogens is 1. The normalized spacial score (nSPS) is 29.3. The number of piperidine rings is 1. The molecule has 1 heterocycles. The Kier molecular flexibility index (Phi) is 4.43. The minimum Gasteiger partial charge on any atom is -0.389 e. The van der Waals surface area contributed by atoms with E-state index in [1.54, 1.807) is 0 Å². The van der Waals surface area contributed by atoms with Crippen molar-refractivity contribution in [2.75, 3.05) is 25.0 Å². The van der Waals surface area contributed by atoms with Gasteiger partial charge in [-0.05, 0) is 44.0 Å². The van der Waals surface area contributed by atoms with E-state index in [0.29, 0.717) is 5.92 Å². The molecule has 0 aromatic heterocycles.